The zero-order valence-electron chi connectivity index (χ0n) is 14.1. The fourth-order valence-electron chi connectivity index (χ4n) is 2.75. The third-order valence-electron chi connectivity index (χ3n) is 4.09. The second kappa shape index (κ2) is 7.66. The number of aromatic nitrogens is 1. The Bertz CT molecular complexity index is 930. The molecule has 0 aliphatic carbocycles. The highest BCUT2D eigenvalue weighted by molar-refractivity contribution is 5.82. The van der Waals surface area contributed by atoms with E-state index < -0.39 is 0 Å². The van der Waals surface area contributed by atoms with E-state index in [-0.39, 0.29) is 17.9 Å². The van der Waals surface area contributed by atoms with Crippen molar-refractivity contribution in [3.63, 3.8) is 0 Å². The smallest absolute Gasteiger partial charge is 0.239 e. The van der Waals surface area contributed by atoms with Gasteiger partial charge in [-0.1, -0.05) is 24.3 Å². The van der Waals surface area contributed by atoms with Gasteiger partial charge in [0, 0.05) is 24.2 Å². The molecule has 0 radical (unpaired) electrons. The summed E-state index contributed by atoms with van der Waals surface area (Å²) in [5.74, 6) is 0.736. The van der Waals surface area contributed by atoms with E-state index in [2.05, 4.69) is 5.32 Å². The van der Waals surface area contributed by atoms with Gasteiger partial charge in [0.05, 0.1) is 12.6 Å². The lowest BCUT2D eigenvalue weighted by Gasteiger charge is -2.11. The summed E-state index contributed by atoms with van der Waals surface area (Å²) in [6, 6.07) is 16.6. The summed E-state index contributed by atoms with van der Waals surface area (Å²) in [5.41, 5.74) is 1.86. The van der Waals surface area contributed by atoms with Crippen molar-refractivity contribution in [1.82, 2.24) is 9.88 Å². The monoisotopic (exact) mass is 336 g/mol. The van der Waals surface area contributed by atoms with Crippen molar-refractivity contribution in [1.29, 1.82) is 0 Å². The molecule has 3 rings (SSSR count). The van der Waals surface area contributed by atoms with Crippen LogP contribution in [0.3, 0.4) is 0 Å². The van der Waals surface area contributed by atoms with Gasteiger partial charge >= 0.3 is 0 Å². The van der Waals surface area contributed by atoms with Crippen LogP contribution in [0.25, 0.3) is 10.9 Å². The van der Waals surface area contributed by atoms with Crippen molar-refractivity contribution in [3.8, 4) is 5.75 Å². The van der Waals surface area contributed by atoms with E-state index in [0.717, 1.165) is 23.3 Å². The third kappa shape index (κ3) is 4.07. The van der Waals surface area contributed by atoms with Gasteiger partial charge in [-0.05, 0) is 36.2 Å². The zero-order valence-corrected chi connectivity index (χ0v) is 14.1. The molecule has 5 heteroatoms. The lowest BCUT2D eigenvalue weighted by Crippen LogP contribution is -2.29. The predicted octanol–water partition coefficient (Wildman–Crippen LogP) is 2.37. The second-order valence-corrected chi connectivity index (χ2v) is 5.77. The van der Waals surface area contributed by atoms with Gasteiger partial charge in [-0.3, -0.25) is 9.59 Å². The lowest BCUT2D eigenvalue weighted by molar-refractivity contribution is -0.121. The molecular formula is C20H20N2O3. The number of hydrogen-bond donors (Lipinski definition) is 1. The number of para-hydroxylation sites is 1. The van der Waals surface area contributed by atoms with E-state index in [1.807, 2.05) is 42.5 Å². The Morgan fingerprint density at radius 2 is 1.84 bits per heavy atom. The van der Waals surface area contributed by atoms with Gasteiger partial charge in [0.1, 0.15) is 12.3 Å². The maximum Gasteiger partial charge on any atom is 0.239 e. The van der Waals surface area contributed by atoms with Gasteiger partial charge in [0.2, 0.25) is 5.91 Å². The summed E-state index contributed by atoms with van der Waals surface area (Å²) in [6.07, 6.45) is 2.41. The quantitative estimate of drug-likeness (QED) is 0.752. The highest BCUT2D eigenvalue weighted by Crippen LogP contribution is 2.11. The maximum absolute atomic E-state index is 12.2. The van der Waals surface area contributed by atoms with Gasteiger partial charge in [0.15, 0.2) is 5.43 Å². The maximum atomic E-state index is 12.2. The third-order valence-corrected chi connectivity index (χ3v) is 4.09. The molecular weight excluding hydrogens is 316 g/mol. The van der Waals surface area contributed by atoms with Gasteiger partial charge in [-0.2, -0.15) is 0 Å². The number of benzene rings is 2. The number of carbonyl (C=O) groups excluding carboxylic acids is 1. The van der Waals surface area contributed by atoms with Gasteiger partial charge in [-0.25, -0.2) is 0 Å². The second-order valence-electron chi connectivity index (χ2n) is 5.77. The molecule has 0 bridgehead atoms. The first-order valence-corrected chi connectivity index (χ1v) is 8.15. The van der Waals surface area contributed by atoms with Crippen molar-refractivity contribution in [2.45, 2.75) is 13.0 Å². The summed E-state index contributed by atoms with van der Waals surface area (Å²) in [6.45, 7) is 0.743. The average Bonchev–Trinajstić information content (AvgIpc) is 2.65. The molecule has 0 saturated heterocycles. The number of carbonyl (C=O) groups is 1. The Labute approximate surface area is 145 Å². The highest BCUT2D eigenvalue weighted by atomic mass is 16.5. The standard InChI is InChI=1S/C20H20N2O3/c1-25-16-8-6-15(7-9-16)10-12-21-20(24)14-22-13-11-19(23)17-4-2-3-5-18(17)22/h2-9,11,13H,10,12,14H2,1H3,(H,21,24). The van der Waals surface area contributed by atoms with Crippen molar-refractivity contribution in [2.24, 2.45) is 0 Å². The number of methoxy groups -OCH3 is 1. The van der Waals surface area contributed by atoms with Crippen molar-refractivity contribution >= 4 is 16.8 Å². The summed E-state index contributed by atoms with van der Waals surface area (Å²) >= 11 is 0. The van der Waals surface area contributed by atoms with Crippen LogP contribution in [0.4, 0.5) is 0 Å². The molecule has 2 aromatic carbocycles. The molecule has 0 spiro atoms. The molecule has 0 atom stereocenters. The summed E-state index contributed by atoms with van der Waals surface area (Å²) in [7, 11) is 1.63. The molecule has 1 N–H and O–H groups in total. The largest absolute Gasteiger partial charge is 0.497 e. The minimum Gasteiger partial charge on any atom is -0.497 e. The molecule has 1 heterocycles. The molecule has 5 nitrogen and oxygen atoms in total. The van der Waals surface area contributed by atoms with Crippen LogP contribution < -0.4 is 15.5 Å². The minimum absolute atomic E-state index is 0.0354. The highest BCUT2D eigenvalue weighted by Gasteiger charge is 2.06. The van der Waals surface area contributed by atoms with Crippen LogP contribution in [0.5, 0.6) is 5.75 Å². The lowest BCUT2D eigenvalue weighted by atomic mass is 10.1. The molecule has 3 aromatic rings. The Hall–Kier alpha value is -3.08. The number of pyridine rings is 1. The zero-order chi connectivity index (χ0) is 17.6. The molecule has 1 amide bonds. The first-order valence-electron chi connectivity index (χ1n) is 8.15. The molecule has 25 heavy (non-hydrogen) atoms. The van der Waals surface area contributed by atoms with Crippen LogP contribution in [-0.4, -0.2) is 24.1 Å². The number of fused-ring (bicyclic) bond motifs is 1. The van der Waals surface area contributed by atoms with Crippen molar-refractivity contribution in [3.05, 3.63) is 76.6 Å². The van der Waals surface area contributed by atoms with E-state index in [9.17, 15) is 9.59 Å². The average molecular weight is 336 g/mol. The Kier molecular flexibility index (Phi) is 5.14. The van der Waals surface area contributed by atoms with E-state index in [1.54, 1.807) is 23.9 Å². The number of hydrogen-bond acceptors (Lipinski definition) is 3. The predicted molar refractivity (Wildman–Crippen MR) is 97.9 cm³/mol. The van der Waals surface area contributed by atoms with Gasteiger partial charge in [0.25, 0.3) is 0 Å². The number of rotatable bonds is 6. The first-order chi connectivity index (χ1) is 12.2. The van der Waals surface area contributed by atoms with Gasteiger partial charge < -0.3 is 14.6 Å². The SMILES string of the molecule is COc1ccc(CCNC(=O)Cn2ccc(=O)c3ccccc32)cc1. The number of ether oxygens (including phenoxy) is 1. The molecule has 0 aliphatic heterocycles. The molecule has 0 unspecified atom stereocenters. The van der Waals surface area contributed by atoms with Gasteiger partial charge in [-0.15, -0.1) is 0 Å². The topological polar surface area (TPSA) is 60.3 Å². The van der Waals surface area contributed by atoms with Crippen LogP contribution in [-0.2, 0) is 17.8 Å². The summed E-state index contributed by atoms with van der Waals surface area (Å²) in [5, 5.41) is 3.54. The summed E-state index contributed by atoms with van der Waals surface area (Å²) in [4.78, 5) is 24.1. The number of nitrogens with zero attached hydrogens (tertiary/aromatic N) is 1. The van der Waals surface area contributed by atoms with E-state index in [4.69, 9.17) is 4.74 Å². The van der Waals surface area contributed by atoms with Crippen LogP contribution in [0.15, 0.2) is 65.6 Å². The Morgan fingerprint density at radius 3 is 2.60 bits per heavy atom. The molecule has 1 aromatic heterocycles. The molecule has 0 aliphatic rings. The minimum atomic E-state index is -0.0812. The van der Waals surface area contributed by atoms with Crippen molar-refractivity contribution < 1.29 is 9.53 Å². The normalized spacial score (nSPS) is 10.6. The fraction of sp³-hybridized carbons (Fsp3) is 0.200. The van der Waals surface area contributed by atoms with Crippen LogP contribution in [0.2, 0.25) is 0 Å². The Balaban J connectivity index is 1.59. The molecule has 128 valence electrons. The van der Waals surface area contributed by atoms with E-state index >= 15 is 0 Å². The first kappa shape index (κ1) is 16.8. The van der Waals surface area contributed by atoms with Crippen molar-refractivity contribution in [2.75, 3.05) is 13.7 Å². The van der Waals surface area contributed by atoms with E-state index in [1.165, 1.54) is 6.07 Å². The van der Waals surface area contributed by atoms with Crippen LogP contribution >= 0.6 is 0 Å². The molecule has 0 fully saturated rings. The fourth-order valence-corrected chi connectivity index (χ4v) is 2.75. The van der Waals surface area contributed by atoms with Crippen LogP contribution in [0.1, 0.15) is 5.56 Å². The number of nitrogens with one attached hydrogen (secondary N) is 1. The number of amides is 1. The van der Waals surface area contributed by atoms with Crippen LogP contribution in [0, 0.1) is 0 Å². The summed E-state index contributed by atoms with van der Waals surface area (Å²) < 4.78 is 6.92. The Morgan fingerprint density at radius 1 is 1.08 bits per heavy atom. The molecule has 0 saturated carbocycles. The van der Waals surface area contributed by atoms with E-state index in [0.29, 0.717) is 11.9 Å².